The second-order valence-corrected chi connectivity index (χ2v) is 13.8. The van der Waals surface area contributed by atoms with E-state index in [1.807, 2.05) is 25.9 Å². The van der Waals surface area contributed by atoms with Crippen molar-refractivity contribution in [2.45, 2.75) is 40.4 Å². The second-order valence-electron chi connectivity index (χ2n) is 8.79. The van der Waals surface area contributed by atoms with Gasteiger partial charge in [-0.1, -0.05) is 39.6 Å². The third-order valence-electron chi connectivity index (χ3n) is 4.38. The molecular weight excluding hydrogens is 328 g/mol. The predicted molar refractivity (Wildman–Crippen MR) is 111 cm³/mol. The average molecular weight is 365 g/mol. The maximum absolute atomic E-state index is 13.4. The highest BCUT2D eigenvalue weighted by molar-refractivity contribution is 6.89. The van der Waals surface area contributed by atoms with Crippen molar-refractivity contribution < 1.29 is 9.53 Å². The summed E-state index contributed by atoms with van der Waals surface area (Å²) in [5.41, 5.74) is 1.86. The maximum Gasteiger partial charge on any atom is 0.253 e. The first kappa shape index (κ1) is 21.7. The van der Waals surface area contributed by atoms with E-state index in [-0.39, 0.29) is 11.3 Å². The minimum absolute atomic E-state index is 0.0705. The van der Waals surface area contributed by atoms with Gasteiger partial charge in [-0.3, -0.25) is 4.79 Å². The van der Waals surface area contributed by atoms with Crippen LogP contribution in [0.5, 0.6) is 0 Å². The van der Waals surface area contributed by atoms with Crippen LogP contribution in [0.15, 0.2) is 18.2 Å². The van der Waals surface area contributed by atoms with Crippen LogP contribution < -0.4 is 10.1 Å². The highest BCUT2D eigenvalue weighted by Gasteiger charge is 2.29. The van der Waals surface area contributed by atoms with Gasteiger partial charge >= 0.3 is 0 Å². The van der Waals surface area contributed by atoms with E-state index in [0.717, 1.165) is 11.3 Å². The average Bonchev–Trinajstić information content (AvgIpc) is 2.50. The van der Waals surface area contributed by atoms with Crippen molar-refractivity contribution in [1.29, 1.82) is 0 Å². The standard InChI is InChI=1S/C20H36N2O2Si/c1-10-22(14-20(2,3)15-24-6)19(23)17-13-16(21(4)5)11-12-18(17)25(7,8)9/h11-13H,10,14-15H2,1-9H3. The summed E-state index contributed by atoms with van der Waals surface area (Å²) in [6.45, 7) is 15.2. The molecule has 142 valence electrons. The number of carbonyl (C=O) groups is 1. The van der Waals surface area contributed by atoms with E-state index in [1.54, 1.807) is 7.11 Å². The van der Waals surface area contributed by atoms with Gasteiger partial charge in [0.1, 0.15) is 0 Å². The van der Waals surface area contributed by atoms with E-state index in [4.69, 9.17) is 4.74 Å². The Morgan fingerprint density at radius 3 is 2.24 bits per heavy atom. The Morgan fingerprint density at radius 2 is 1.80 bits per heavy atom. The molecule has 1 rings (SSSR count). The molecule has 0 unspecified atom stereocenters. The lowest BCUT2D eigenvalue weighted by atomic mass is 9.93. The van der Waals surface area contributed by atoms with Gasteiger partial charge in [0.25, 0.3) is 5.91 Å². The van der Waals surface area contributed by atoms with E-state index >= 15 is 0 Å². The largest absolute Gasteiger partial charge is 0.384 e. The Hall–Kier alpha value is -1.33. The molecule has 1 aromatic carbocycles. The summed E-state index contributed by atoms with van der Waals surface area (Å²) in [6.07, 6.45) is 0. The van der Waals surface area contributed by atoms with Gasteiger partial charge in [-0.25, -0.2) is 0 Å². The Kier molecular flexibility index (Phi) is 7.26. The van der Waals surface area contributed by atoms with E-state index in [1.165, 1.54) is 5.19 Å². The number of carbonyl (C=O) groups excluding carboxylic acids is 1. The van der Waals surface area contributed by atoms with E-state index in [0.29, 0.717) is 19.7 Å². The molecule has 0 saturated carbocycles. The normalized spacial score (nSPS) is 12.2. The quantitative estimate of drug-likeness (QED) is 0.663. The summed E-state index contributed by atoms with van der Waals surface area (Å²) < 4.78 is 5.33. The van der Waals surface area contributed by atoms with Crippen LogP contribution in [-0.2, 0) is 4.74 Å². The molecular formula is C20H36N2O2Si. The van der Waals surface area contributed by atoms with E-state index < -0.39 is 8.07 Å². The monoisotopic (exact) mass is 364 g/mol. The van der Waals surface area contributed by atoms with Crippen LogP contribution in [0.25, 0.3) is 0 Å². The van der Waals surface area contributed by atoms with Crippen molar-refractivity contribution in [3.05, 3.63) is 23.8 Å². The number of ether oxygens (including phenoxy) is 1. The number of hydrogen-bond donors (Lipinski definition) is 0. The number of methoxy groups -OCH3 is 1. The Bertz CT molecular complexity index is 592. The van der Waals surface area contributed by atoms with Gasteiger partial charge in [0.2, 0.25) is 0 Å². The molecule has 0 fully saturated rings. The van der Waals surface area contributed by atoms with Crippen molar-refractivity contribution in [2.24, 2.45) is 5.41 Å². The van der Waals surface area contributed by atoms with Gasteiger partial charge in [-0.15, -0.1) is 0 Å². The van der Waals surface area contributed by atoms with Crippen LogP contribution in [0, 0.1) is 5.41 Å². The first-order valence-corrected chi connectivity index (χ1v) is 12.5. The molecule has 1 aromatic rings. The number of hydrogen-bond acceptors (Lipinski definition) is 3. The minimum Gasteiger partial charge on any atom is -0.384 e. The second kappa shape index (κ2) is 8.36. The van der Waals surface area contributed by atoms with Crippen molar-refractivity contribution in [3.63, 3.8) is 0 Å². The molecule has 4 nitrogen and oxygen atoms in total. The summed E-state index contributed by atoms with van der Waals surface area (Å²) in [7, 11) is 4.11. The summed E-state index contributed by atoms with van der Waals surface area (Å²) >= 11 is 0. The molecule has 0 spiro atoms. The first-order valence-electron chi connectivity index (χ1n) is 9.03. The van der Waals surface area contributed by atoms with E-state index in [9.17, 15) is 4.79 Å². The molecule has 0 saturated heterocycles. The number of benzene rings is 1. The molecule has 5 heteroatoms. The molecule has 0 N–H and O–H groups in total. The van der Waals surface area contributed by atoms with Crippen LogP contribution in [-0.4, -0.2) is 59.8 Å². The smallest absolute Gasteiger partial charge is 0.253 e. The SMILES string of the molecule is CCN(CC(C)(C)COC)C(=O)c1cc(N(C)C)ccc1[Si](C)(C)C. The molecule has 0 heterocycles. The van der Waals surface area contributed by atoms with Gasteiger partial charge in [-0.05, 0) is 24.2 Å². The van der Waals surface area contributed by atoms with Crippen LogP contribution in [0.1, 0.15) is 31.1 Å². The van der Waals surface area contributed by atoms with Gasteiger partial charge in [0.05, 0.1) is 14.7 Å². The fraction of sp³-hybridized carbons (Fsp3) is 0.650. The molecule has 0 radical (unpaired) electrons. The molecule has 0 bridgehead atoms. The molecule has 25 heavy (non-hydrogen) atoms. The van der Waals surface area contributed by atoms with Crippen LogP contribution in [0.2, 0.25) is 19.6 Å². The lowest BCUT2D eigenvalue weighted by Crippen LogP contribution is -2.46. The van der Waals surface area contributed by atoms with Gasteiger partial charge < -0.3 is 14.5 Å². The number of amides is 1. The first-order chi connectivity index (χ1) is 11.4. The minimum atomic E-state index is -1.62. The van der Waals surface area contributed by atoms with Gasteiger partial charge in [0, 0.05) is 51.0 Å². The van der Waals surface area contributed by atoms with Crippen molar-refractivity contribution >= 4 is 24.9 Å². The summed E-state index contributed by atoms with van der Waals surface area (Å²) in [6, 6.07) is 6.33. The zero-order valence-electron chi connectivity index (χ0n) is 17.6. The van der Waals surface area contributed by atoms with Crippen molar-refractivity contribution in [3.8, 4) is 0 Å². The van der Waals surface area contributed by atoms with Crippen molar-refractivity contribution in [2.75, 3.05) is 45.8 Å². The molecule has 0 aliphatic rings. The molecule has 0 aliphatic carbocycles. The number of anilines is 1. The lowest BCUT2D eigenvalue weighted by molar-refractivity contribution is 0.0526. The van der Waals surface area contributed by atoms with Crippen LogP contribution in [0.4, 0.5) is 5.69 Å². The van der Waals surface area contributed by atoms with Crippen LogP contribution in [0.3, 0.4) is 0 Å². The fourth-order valence-corrected chi connectivity index (χ4v) is 4.66. The molecule has 1 amide bonds. The highest BCUT2D eigenvalue weighted by Crippen LogP contribution is 2.21. The van der Waals surface area contributed by atoms with Crippen LogP contribution >= 0.6 is 0 Å². The summed E-state index contributed by atoms with van der Waals surface area (Å²) in [5.74, 6) is 0.132. The summed E-state index contributed by atoms with van der Waals surface area (Å²) in [5, 5.41) is 1.23. The van der Waals surface area contributed by atoms with Crippen molar-refractivity contribution in [1.82, 2.24) is 4.90 Å². The van der Waals surface area contributed by atoms with Gasteiger partial charge in [-0.2, -0.15) is 0 Å². The zero-order valence-corrected chi connectivity index (χ0v) is 18.6. The lowest BCUT2D eigenvalue weighted by Gasteiger charge is -2.33. The molecule has 0 aromatic heterocycles. The molecule has 0 aliphatic heterocycles. The third-order valence-corrected chi connectivity index (χ3v) is 6.43. The number of nitrogens with zero attached hydrogens (tertiary/aromatic N) is 2. The zero-order chi connectivity index (χ0) is 19.4. The maximum atomic E-state index is 13.4. The Labute approximate surface area is 155 Å². The topological polar surface area (TPSA) is 32.8 Å². The molecule has 0 atom stereocenters. The third kappa shape index (κ3) is 5.85. The van der Waals surface area contributed by atoms with Gasteiger partial charge in [0.15, 0.2) is 0 Å². The van der Waals surface area contributed by atoms with E-state index in [2.05, 4.69) is 56.6 Å². The number of rotatable bonds is 8. The Morgan fingerprint density at radius 1 is 1.20 bits per heavy atom. The fourth-order valence-electron chi connectivity index (χ4n) is 3.09. The highest BCUT2D eigenvalue weighted by atomic mass is 28.3. The predicted octanol–water partition coefficient (Wildman–Crippen LogP) is 3.43. The summed E-state index contributed by atoms with van der Waals surface area (Å²) in [4.78, 5) is 17.4. The Balaban J connectivity index is 3.30.